The molecule has 5 heteroatoms. The third kappa shape index (κ3) is 1.50. The molecule has 0 aliphatic rings. The third-order valence-corrected chi connectivity index (χ3v) is 3.94. The predicted molar refractivity (Wildman–Crippen MR) is 83.5 cm³/mol. The first-order valence-electron chi connectivity index (χ1n) is 6.70. The summed E-state index contributed by atoms with van der Waals surface area (Å²) in [6.07, 6.45) is 0. The molecule has 0 amide bonds. The zero-order valence-electron chi connectivity index (χ0n) is 12.0. The van der Waals surface area contributed by atoms with E-state index in [2.05, 4.69) is 0 Å². The number of benzene rings is 3. The van der Waals surface area contributed by atoms with Crippen molar-refractivity contribution in [2.45, 2.75) is 0 Å². The van der Waals surface area contributed by atoms with Crippen molar-refractivity contribution in [2.75, 3.05) is 14.2 Å². The molecular weight excluding hydrogens is 284 g/mol. The second kappa shape index (κ2) is 4.27. The highest BCUT2D eigenvalue weighted by Gasteiger charge is 2.20. The van der Waals surface area contributed by atoms with E-state index in [0.29, 0.717) is 11.3 Å². The van der Waals surface area contributed by atoms with Gasteiger partial charge in [0.25, 0.3) is 0 Å². The summed E-state index contributed by atoms with van der Waals surface area (Å²) in [5.74, 6) is 0.661. The number of phenolic OH excluding ortho intramolecular Hbond substituents is 1. The SMILES string of the molecule is COc1cc2ccc3cc(O)c(OC)c4c(=O)oc(c1)c2c34. The van der Waals surface area contributed by atoms with Gasteiger partial charge in [0.2, 0.25) is 0 Å². The quantitative estimate of drug-likeness (QED) is 0.454. The lowest BCUT2D eigenvalue weighted by molar-refractivity contribution is 0.377. The maximum atomic E-state index is 12.4. The third-order valence-electron chi connectivity index (χ3n) is 3.94. The zero-order chi connectivity index (χ0) is 15.4. The first-order valence-corrected chi connectivity index (χ1v) is 6.70. The van der Waals surface area contributed by atoms with Crippen molar-refractivity contribution in [1.29, 1.82) is 0 Å². The molecule has 110 valence electrons. The molecule has 3 aromatic carbocycles. The van der Waals surface area contributed by atoms with Gasteiger partial charge in [-0.05, 0) is 22.9 Å². The Morgan fingerprint density at radius 1 is 0.955 bits per heavy atom. The van der Waals surface area contributed by atoms with Gasteiger partial charge in [0.05, 0.1) is 14.2 Å². The summed E-state index contributed by atoms with van der Waals surface area (Å²) in [5.41, 5.74) is -0.101. The Labute approximate surface area is 124 Å². The van der Waals surface area contributed by atoms with Crippen LogP contribution < -0.4 is 15.1 Å². The number of phenols is 1. The molecule has 1 aromatic heterocycles. The Bertz CT molecular complexity index is 1080. The van der Waals surface area contributed by atoms with E-state index in [4.69, 9.17) is 13.9 Å². The van der Waals surface area contributed by atoms with Crippen LogP contribution in [0.1, 0.15) is 0 Å². The summed E-state index contributed by atoms with van der Waals surface area (Å²) in [5, 5.41) is 13.5. The highest BCUT2D eigenvalue weighted by atomic mass is 16.5. The van der Waals surface area contributed by atoms with Crippen molar-refractivity contribution in [3.8, 4) is 17.2 Å². The average molecular weight is 296 g/mol. The average Bonchev–Trinajstić information content (AvgIpc) is 2.52. The molecule has 0 fully saturated rings. The Morgan fingerprint density at radius 2 is 1.68 bits per heavy atom. The van der Waals surface area contributed by atoms with E-state index in [9.17, 15) is 9.90 Å². The van der Waals surface area contributed by atoms with E-state index in [-0.39, 0.29) is 16.9 Å². The lowest BCUT2D eigenvalue weighted by Gasteiger charge is -2.13. The van der Waals surface area contributed by atoms with Gasteiger partial charge in [-0.3, -0.25) is 0 Å². The molecule has 0 aliphatic carbocycles. The van der Waals surface area contributed by atoms with Gasteiger partial charge < -0.3 is 19.0 Å². The van der Waals surface area contributed by atoms with Crippen LogP contribution in [0.5, 0.6) is 17.2 Å². The van der Waals surface area contributed by atoms with E-state index in [1.807, 2.05) is 18.2 Å². The summed E-state index contributed by atoms with van der Waals surface area (Å²) in [6.45, 7) is 0. The monoisotopic (exact) mass is 296 g/mol. The molecule has 5 nitrogen and oxygen atoms in total. The maximum Gasteiger partial charge on any atom is 0.348 e. The first kappa shape index (κ1) is 12.8. The van der Waals surface area contributed by atoms with Crippen LogP contribution in [0.25, 0.3) is 32.5 Å². The molecule has 0 radical (unpaired) electrons. The van der Waals surface area contributed by atoms with Gasteiger partial charge in [0, 0.05) is 16.8 Å². The van der Waals surface area contributed by atoms with Crippen LogP contribution in [-0.4, -0.2) is 19.3 Å². The van der Waals surface area contributed by atoms with E-state index in [0.717, 1.165) is 21.5 Å². The van der Waals surface area contributed by atoms with Gasteiger partial charge >= 0.3 is 5.63 Å². The number of methoxy groups -OCH3 is 2. The molecule has 0 bridgehead atoms. The molecule has 0 saturated carbocycles. The van der Waals surface area contributed by atoms with Crippen molar-refractivity contribution in [3.05, 3.63) is 40.8 Å². The van der Waals surface area contributed by atoms with Gasteiger partial charge in [-0.15, -0.1) is 0 Å². The Morgan fingerprint density at radius 3 is 2.36 bits per heavy atom. The second-order valence-electron chi connectivity index (χ2n) is 5.08. The van der Waals surface area contributed by atoms with Crippen LogP contribution in [0.15, 0.2) is 39.5 Å². The smallest absolute Gasteiger partial charge is 0.348 e. The number of aromatic hydroxyl groups is 1. The van der Waals surface area contributed by atoms with Gasteiger partial charge in [-0.1, -0.05) is 12.1 Å². The fourth-order valence-corrected chi connectivity index (χ4v) is 3.01. The topological polar surface area (TPSA) is 68.9 Å². The fraction of sp³-hybridized carbons (Fsp3) is 0.118. The van der Waals surface area contributed by atoms with E-state index in [1.165, 1.54) is 7.11 Å². The molecule has 1 N–H and O–H groups in total. The van der Waals surface area contributed by atoms with E-state index in [1.54, 1.807) is 19.2 Å². The van der Waals surface area contributed by atoms with Crippen LogP contribution >= 0.6 is 0 Å². The fourth-order valence-electron chi connectivity index (χ4n) is 3.01. The first-order chi connectivity index (χ1) is 10.6. The van der Waals surface area contributed by atoms with Crippen molar-refractivity contribution in [2.24, 2.45) is 0 Å². The minimum absolute atomic E-state index is 0.0849. The number of hydrogen-bond acceptors (Lipinski definition) is 5. The molecule has 22 heavy (non-hydrogen) atoms. The van der Waals surface area contributed by atoms with Gasteiger partial charge in [-0.2, -0.15) is 0 Å². The van der Waals surface area contributed by atoms with Crippen LogP contribution in [0.2, 0.25) is 0 Å². The molecule has 4 rings (SSSR count). The Balaban J connectivity index is 2.37. The normalized spacial score (nSPS) is 11.5. The second-order valence-corrected chi connectivity index (χ2v) is 5.08. The molecule has 0 atom stereocenters. The largest absolute Gasteiger partial charge is 0.504 e. The van der Waals surface area contributed by atoms with E-state index < -0.39 is 5.63 Å². The van der Waals surface area contributed by atoms with Crippen molar-refractivity contribution in [1.82, 2.24) is 0 Å². The Kier molecular flexibility index (Phi) is 2.48. The summed E-state index contributed by atoms with van der Waals surface area (Å²) in [6, 6.07) is 8.90. The Hall–Kier alpha value is -2.95. The minimum atomic E-state index is -0.550. The lowest BCUT2D eigenvalue weighted by Crippen LogP contribution is -2.04. The molecule has 0 aliphatic heterocycles. The molecular formula is C17H12O5. The van der Waals surface area contributed by atoms with Crippen LogP contribution in [-0.2, 0) is 0 Å². The van der Waals surface area contributed by atoms with Gasteiger partial charge in [0.15, 0.2) is 11.5 Å². The summed E-state index contributed by atoms with van der Waals surface area (Å²) in [7, 11) is 2.97. The van der Waals surface area contributed by atoms with Crippen LogP contribution in [0.3, 0.4) is 0 Å². The molecule has 0 unspecified atom stereocenters. The predicted octanol–water partition coefficient (Wildman–Crippen LogP) is 3.26. The van der Waals surface area contributed by atoms with Gasteiger partial charge in [0.1, 0.15) is 16.7 Å². The lowest BCUT2D eigenvalue weighted by atomic mass is 9.97. The summed E-state index contributed by atoms with van der Waals surface area (Å²) in [4.78, 5) is 12.4. The van der Waals surface area contributed by atoms with Crippen molar-refractivity contribution in [3.63, 3.8) is 0 Å². The molecule has 0 saturated heterocycles. The number of ether oxygens (including phenoxy) is 2. The highest BCUT2D eigenvalue weighted by Crippen LogP contribution is 2.42. The zero-order valence-corrected chi connectivity index (χ0v) is 12.0. The summed E-state index contributed by atoms with van der Waals surface area (Å²) >= 11 is 0. The van der Waals surface area contributed by atoms with Crippen molar-refractivity contribution >= 4 is 32.5 Å². The number of rotatable bonds is 2. The minimum Gasteiger partial charge on any atom is -0.504 e. The maximum absolute atomic E-state index is 12.4. The molecule has 0 spiro atoms. The molecule has 4 aromatic rings. The highest BCUT2D eigenvalue weighted by molar-refractivity contribution is 6.23. The van der Waals surface area contributed by atoms with E-state index >= 15 is 0 Å². The van der Waals surface area contributed by atoms with Crippen LogP contribution in [0, 0.1) is 0 Å². The molecule has 1 heterocycles. The number of hydrogen-bond donors (Lipinski definition) is 1. The van der Waals surface area contributed by atoms with Crippen LogP contribution in [0.4, 0.5) is 0 Å². The standard InChI is InChI=1S/C17H12O5/c1-20-10-5-8-3-4-9-6-11(18)16(21-2)15-14(9)13(8)12(7-10)22-17(15)19/h3-7,18H,1-2H3. The summed E-state index contributed by atoms with van der Waals surface area (Å²) < 4.78 is 15.9. The van der Waals surface area contributed by atoms with Gasteiger partial charge in [-0.25, -0.2) is 4.79 Å². The van der Waals surface area contributed by atoms with Crippen molar-refractivity contribution < 1.29 is 19.0 Å².